The standard InChI is InChI=1S/C22H42O5/c1-2-3-4-5-6-7-8-9-10-11-12-13-14-15-16-26-17-20(24)22-21(25)19(23)18-27-22/h12-13,19-25H,2-11,14-18H2,1H3/b13-12+/t19-,20+,21+,22+/m0/s1. The highest BCUT2D eigenvalue weighted by Crippen LogP contribution is 2.18. The van der Waals surface area contributed by atoms with E-state index in [0.717, 1.165) is 19.3 Å². The molecule has 27 heavy (non-hydrogen) atoms. The van der Waals surface area contributed by atoms with Gasteiger partial charge in [-0.1, -0.05) is 70.4 Å². The first-order valence-electron chi connectivity index (χ1n) is 11.0. The average molecular weight is 387 g/mol. The van der Waals surface area contributed by atoms with Crippen LogP contribution in [0.4, 0.5) is 0 Å². The second kappa shape index (κ2) is 16.5. The molecule has 0 aromatic rings. The van der Waals surface area contributed by atoms with Gasteiger partial charge in [0.05, 0.1) is 13.2 Å². The molecular formula is C22H42O5. The molecule has 0 radical (unpaired) electrons. The van der Waals surface area contributed by atoms with Crippen LogP contribution in [0.15, 0.2) is 12.2 Å². The van der Waals surface area contributed by atoms with Crippen molar-refractivity contribution in [2.24, 2.45) is 0 Å². The Morgan fingerprint density at radius 2 is 1.52 bits per heavy atom. The number of allylic oxidation sites excluding steroid dienone is 2. The van der Waals surface area contributed by atoms with Crippen molar-refractivity contribution in [1.29, 1.82) is 0 Å². The highest BCUT2D eigenvalue weighted by molar-refractivity contribution is 4.87. The lowest BCUT2D eigenvalue weighted by molar-refractivity contribution is -0.0811. The number of hydrogen-bond donors (Lipinski definition) is 3. The molecule has 1 fully saturated rings. The first-order valence-corrected chi connectivity index (χ1v) is 11.0. The second-order valence-electron chi connectivity index (χ2n) is 7.73. The van der Waals surface area contributed by atoms with Gasteiger partial charge in [-0.05, 0) is 25.7 Å². The maximum absolute atomic E-state index is 9.92. The molecule has 0 saturated carbocycles. The van der Waals surface area contributed by atoms with Crippen LogP contribution in [0.5, 0.6) is 0 Å². The number of aliphatic hydroxyl groups is 3. The van der Waals surface area contributed by atoms with E-state index in [-0.39, 0.29) is 13.2 Å². The zero-order chi connectivity index (χ0) is 19.7. The molecule has 1 rings (SSSR count). The fourth-order valence-electron chi connectivity index (χ4n) is 3.38. The molecule has 0 spiro atoms. The van der Waals surface area contributed by atoms with Gasteiger partial charge in [-0.15, -0.1) is 0 Å². The number of hydrogen-bond acceptors (Lipinski definition) is 5. The van der Waals surface area contributed by atoms with Gasteiger partial charge in [-0.25, -0.2) is 0 Å². The highest BCUT2D eigenvalue weighted by atomic mass is 16.5. The summed E-state index contributed by atoms with van der Waals surface area (Å²) in [5.74, 6) is 0. The average Bonchev–Trinajstić information content (AvgIpc) is 3.00. The number of aliphatic hydroxyl groups excluding tert-OH is 3. The van der Waals surface area contributed by atoms with Crippen molar-refractivity contribution in [2.75, 3.05) is 19.8 Å². The minimum atomic E-state index is -1.03. The molecule has 0 amide bonds. The van der Waals surface area contributed by atoms with E-state index in [1.807, 2.05) is 0 Å². The van der Waals surface area contributed by atoms with E-state index in [0.29, 0.717) is 6.61 Å². The first-order chi connectivity index (χ1) is 13.2. The largest absolute Gasteiger partial charge is 0.388 e. The summed E-state index contributed by atoms with van der Waals surface area (Å²) < 4.78 is 10.6. The molecule has 1 heterocycles. The van der Waals surface area contributed by atoms with Crippen LogP contribution in [-0.4, -0.2) is 59.6 Å². The summed E-state index contributed by atoms with van der Waals surface area (Å²) in [5, 5.41) is 29.0. The third-order valence-corrected chi connectivity index (χ3v) is 5.16. The molecule has 3 N–H and O–H groups in total. The van der Waals surface area contributed by atoms with Gasteiger partial charge in [-0.3, -0.25) is 0 Å². The van der Waals surface area contributed by atoms with Gasteiger partial charge in [-0.2, -0.15) is 0 Å². The minimum Gasteiger partial charge on any atom is -0.388 e. The Hall–Kier alpha value is -0.460. The monoisotopic (exact) mass is 386 g/mol. The van der Waals surface area contributed by atoms with Gasteiger partial charge in [0.25, 0.3) is 0 Å². The summed E-state index contributed by atoms with van der Waals surface area (Å²) in [6.45, 7) is 3.02. The molecule has 1 aliphatic rings. The van der Waals surface area contributed by atoms with Gasteiger partial charge < -0.3 is 24.8 Å². The Bertz CT molecular complexity index is 361. The van der Waals surface area contributed by atoms with Crippen LogP contribution in [0, 0.1) is 0 Å². The first kappa shape index (κ1) is 24.6. The normalized spacial score (nSPS) is 24.1. The molecule has 1 saturated heterocycles. The Labute approximate surface area is 165 Å². The maximum Gasteiger partial charge on any atom is 0.114 e. The summed E-state index contributed by atoms with van der Waals surface area (Å²) in [6.07, 6.45) is 16.2. The van der Waals surface area contributed by atoms with E-state index >= 15 is 0 Å². The van der Waals surface area contributed by atoms with Crippen LogP contribution < -0.4 is 0 Å². The van der Waals surface area contributed by atoms with Gasteiger partial charge in [0.15, 0.2) is 0 Å². The zero-order valence-corrected chi connectivity index (χ0v) is 17.2. The van der Waals surface area contributed by atoms with Gasteiger partial charge >= 0.3 is 0 Å². The maximum atomic E-state index is 9.92. The fourth-order valence-corrected chi connectivity index (χ4v) is 3.38. The predicted molar refractivity (Wildman–Crippen MR) is 109 cm³/mol. The molecule has 0 unspecified atom stereocenters. The SMILES string of the molecule is CCCCCCCCCCC/C=C/CCCOC[C@@H](O)[C@H]1OC[C@H](O)[C@H]1O. The topological polar surface area (TPSA) is 79.2 Å². The van der Waals surface area contributed by atoms with Crippen LogP contribution in [0.2, 0.25) is 0 Å². The molecule has 1 aliphatic heterocycles. The summed E-state index contributed by atoms with van der Waals surface area (Å²) in [4.78, 5) is 0. The molecule has 0 bridgehead atoms. The van der Waals surface area contributed by atoms with Gasteiger partial charge in [0.2, 0.25) is 0 Å². The third kappa shape index (κ3) is 11.9. The quantitative estimate of drug-likeness (QED) is 0.262. The molecule has 5 heteroatoms. The van der Waals surface area contributed by atoms with Crippen LogP contribution >= 0.6 is 0 Å². The van der Waals surface area contributed by atoms with Crippen molar-refractivity contribution in [3.8, 4) is 0 Å². The lowest BCUT2D eigenvalue weighted by Crippen LogP contribution is -2.40. The van der Waals surface area contributed by atoms with Crippen molar-refractivity contribution in [3.05, 3.63) is 12.2 Å². The lowest BCUT2D eigenvalue weighted by Gasteiger charge is -2.20. The highest BCUT2D eigenvalue weighted by Gasteiger charge is 2.39. The molecule has 0 aliphatic carbocycles. The molecule has 160 valence electrons. The van der Waals surface area contributed by atoms with E-state index in [1.165, 1.54) is 57.8 Å². The van der Waals surface area contributed by atoms with E-state index in [9.17, 15) is 15.3 Å². The van der Waals surface area contributed by atoms with Crippen LogP contribution in [0.3, 0.4) is 0 Å². The van der Waals surface area contributed by atoms with Gasteiger partial charge in [0, 0.05) is 6.61 Å². The number of unbranched alkanes of at least 4 members (excludes halogenated alkanes) is 10. The molecule has 4 atom stereocenters. The smallest absolute Gasteiger partial charge is 0.114 e. The second-order valence-corrected chi connectivity index (χ2v) is 7.73. The Morgan fingerprint density at radius 1 is 0.926 bits per heavy atom. The Morgan fingerprint density at radius 3 is 2.11 bits per heavy atom. The summed E-state index contributed by atoms with van der Waals surface area (Å²) in [6, 6.07) is 0. The molecular weight excluding hydrogens is 344 g/mol. The van der Waals surface area contributed by atoms with Crippen molar-refractivity contribution >= 4 is 0 Å². The number of ether oxygens (including phenoxy) is 2. The van der Waals surface area contributed by atoms with Crippen molar-refractivity contribution in [1.82, 2.24) is 0 Å². The minimum absolute atomic E-state index is 0.0621. The molecule has 0 aromatic carbocycles. The van der Waals surface area contributed by atoms with Crippen molar-refractivity contribution in [3.63, 3.8) is 0 Å². The predicted octanol–water partition coefficient (Wildman–Crippen LogP) is 3.74. The van der Waals surface area contributed by atoms with Crippen molar-refractivity contribution in [2.45, 2.75) is 108 Å². The van der Waals surface area contributed by atoms with Crippen LogP contribution in [0.25, 0.3) is 0 Å². The van der Waals surface area contributed by atoms with Crippen LogP contribution in [0.1, 0.15) is 84.0 Å². The van der Waals surface area contributed by atoms with Gasteiger partial charge in [0.1, 0.15) is 24.4 Å². The summed E-state index contributed by atoms with van der Waals surface area (Å²) >= 11 is 0. The van der Waals surface area contributed by atoms with E-state index < -0.39 is 24.4 Å². The zero-order valence-electron chi connectivity index (χ0n) is 17.2. The van der Waals surface area contributed by atoms with E-state index in [4.69, 9.17) is 9.47 Å². The Kier molecular flexibility index (Phi) is 15.0. The van der Waals surface area contributed by atoms with E-state index in [1.54, 1.807) is 0 Å². The third-order valence-electron chi connectivity index (χ3n) is 5.16. The van der Waals surface area contributed by atoms with Crippen LogP contribution in [-0.2, 0) is 9.47 Å². The molecule has 0 aromatic heterocycles. The summed E-state index contributed by atoms with van der Waals surface area (Å²) in [5.41, 5.74) is 0. The number of rotatable bonds is 17. The molecule has 5 nitrogen and oxygen atoms in total. The van der Waals surface area contributed by atoms with Crippen molar-refractivity contribution < 1.29 is 24.8 Å². The van der Waals surface area contributed by atoms with E-state index in [2.05, 4.69) is 19.1 Å². The summed E-state index contributed by atoms with van der Waals surface area (Å²) in [7, 11) is 0. The lowest BCUT2D eigenvalue weighted by atomic mass is 10.1. The fraction of sp³-hybridized carbons (Fsp3) is 0.909. The Balaban J connectivity index is 1.83.